The molecule has 0 atom stereocenters. The maximum Gasteiger partial charge on any atom is 0.113 e. The molecule has 2 nitrogen and oxygen atoms in total. The van der Waals surface area contributed by atoms with Crippen molar-refractivity contribution in [3.63, 3.8) is 0 Å². The van der Waals surface area contributed by atoms with Crippen LogP contribution in [0.4, 0.5) is 34.1 Å². The summed E-state index contributed by atoms with van der Waals surface area (Å²) in [6.45, 7) is 4.99. The second-order valence-electron chi connectivity index (χ2n) is 17.6. The van der Waals surface area contributed by atoms with E-state index in [1.54, 1.807) is 5.19 Å². The van der Waals surface area contributed by atoms with Crippen LogP contribution in [0.25, 0.3) is 11.1 Å². The Hall–Kier alpha value is -5.64. The van der Waals surface area contributed by atoms with Gasteiger partial charge in [-0.2, -0.15) is 0 Å². The number of nitrogens with zero attached hydrogens (tertiary/aromatic N) is 2. The van der Waals surface area contributed by atoms with E-state index in [9.17, 15) is 0 Å². The van der Waals surface area contributed by atoms with E-state index in [4.69, 9.17) is 0 Å². The van der Waals surface area contributed by atoms with Crippen LogP contribution >= 0.6 is 0 Å². The highest BCUT2D eigenvalue weighted by atomic mass is 28.3. The van der Waals surface area contributed by atoms with Crippen LogP contribution in [0.2, 0.25) is 13.1 Å². The van der Waals surface area contributed by atoms with Gasteiger partial charge in [-0.15, -0.1) is 0 Å². The molecule has 2 fully saturated rings. The number of para-hydroxylation sites is 2. The SMILES string of the molecule is C[Si]1(C)c2ccccc2-c2cc(N(c3ccccc3)c3ccc(C4(c5ccc(N(c6ccccc6)c6ccc(C7CCCCC7)cc6)cc5)CCCC4)cc3)ccc21. The minimum Gasteiger partial charge on any atom is -0.311 e. The average molecular weight is 771 g/mol. The van der Waals surface area contributed by atoms with E-state index < -0.39 is 8.07 Å². The topological polar surface area (TPSA) is 6.48 Å². The van der Waals surface area contributed by atoms with Crippen molar-refractivity contribution in [2.45, 2.75) is 82.2 Å². The first-order chi connectivity index (χ1) is 28.5. The summed E-state index contributed by atoms with van der Waals surface area (Å²) in [5.74, 6) is 0.705. The summed E-state index contributed by atoms with van der Waals surface area (Å²) in [5, 5.41) is 3.08. The van der Waals surface area contributed by atoms with Gasteiger partial charge in [-0.3, -0.25) is 0 Å². The molecular formula is C55H54N2Si. The fourth-order valence-corrected chi connectivity index (χ4v) is 13.9. The molecule has 2 saturated carbocycles. The van der Waals surface area contributed by atoms with Gasteiger partial charge in [0, 0.05) is 39.5 Å². The Morgan fingerprint density at radius 1 is 0.414 bits per heavy atom. The summed E-state index contributed by atoms with van der Waals surface area (Å²) in [7, 11) is -1.74. The molecule has 0 spiro atoms. The van der Waals surface area contributed by atoms with Crippen LogP contribution in [0, 0.1) is 0 Å². The zero-order valence-electron chi connectivity index (χ0n) is 34.1. The molecule has 2 aliphatic carbocycles. The molecule has 7 aromatic rings. The van der Waals surface area contributed by atoms with Crippen molar-refractivity contribution in [3.8, 4) is 11.1 Å². The lowest BCUT2D eigenvalue weighted by molar-refractivity contribution is 0.443. The van der Waals surface area contributed by atoms with Crippen molar-refractivity contribution in [2.24, 2.45) is 0 Å². The Balaban J connectivity index is 0.978. The summed E-state index contributed by atoms with van der Waals surface area (Å²) in [6.07, 6.45) is 11.6. The lowest BCUT2D eigenvalue weighted by Crippen LogP contribution is -2.49. The third-order valence-electron chi connectivity index (χ3n) is 13.9. The molecule has 0 radical (unpaired) electrons. The van der Waals surface area contributed by atoms with Crippen LogP contribution in [0.3, 0.4) is 0 Å². The predicted molar refractivity (Wildman–Crippen MR) is 250 cm³/mol. The first-order valence-electron chi connectivity index (χ1n) is 21.8. The molecule has 3 aliphatic rings. The predicted octanol–water partition coefficient (Wildman–Crippen LogP) is 14.3. The number of fused-ring (bicyclic) bond motifs is 3. The van der Waals surface area contributed by atoms with Crippen LogP contribution in [0.1, 0.15) is 80.4 Å². The highest BCUT2D eigenvalue weighted by Gasteiger charge is 2.39. The average Bonchev–Trinajstić information content (AvgIpc) is 3.87. The van der Waals surface area contributed by atoms with Gasteiger partial charge < -0.3 is 9.80 Å². The van der Waals surface area contributed by atoms with Gasteiger partial charge in [0.1, 0.15) is 8.07 Å². The fourth-order valence-electron chi connectivity index (χ4n) is 10.8. The zero-order valence-corrected chi connectivity index (χ0v) is 35.1. The number of rotatable bonds is 9. The van der Waals surface area contributed by atoms with E-state index in [1.165, 1.54) is 125 Å². The first-order valence-corrected chi connectivity index (χ1v) is 24.8. The second kappa shape index (κ2) is 15.3. The van der Waals surface area contributed by atoms with Crippen molar-refractivity contribution in [2.75, 3.05) is 9.80 Å². The molecule has 0 bridgehead atoms. The molecule has 0 unspecified atom stereocenters. The van der Waals surface area contributed by atoms with Crippen molar-refractivity contribution in [1.82, 2.24) is 0 Å². The molecule has 1 aliphatic heterocycles. The smallest absolute Gasteiger partial charge is 0.113 e. The van der Waals surface area contributed by atoms with Gasteiger partial charge in [-0.05, 0) is 143 Å². The molecule has 10 rings (SSSR count). The summed E-state index contributed by atoms with van der Waals surface area (Å²) >= 11 is 0. The van der Waals surface area contributed by atoms with Crippen LogP contribution in [0.15, 0.2) is 176 Å². The Morgan fingerprint density at radius 3 is 1.43 bits per heavy atom. The highest BCUT2D eigenvalue weighted by molar-refractivity contribution is 7.03. The van der Waals surface area contributed by atoms with Crippen molar-refractivity contribution < 1.29 is 0 Å². The van der Waals surface area contributed by atoms with Crippen molar-refractivity contribution in [3.05, 3.63) is 193 Å². The largest absolute Gasteiger partial charge is 0.311 e. The van der Waals surface area contributed by atoms with Crippen molar-refractivity contribution >= 4 is 52.6 Å². The Bertz CT molecular complexity index is 2490. The van der Waals surface area contributed by atoms with E-state index in [0.29, 0.717) is 5.92 Å². The molecule has 0 N–H and O–H groups in total. The van der Waals surface area contributed by atoms with Crippen LogP contribution in [-0.4, -0.2) is 8.07 Å². The number of hydrogen-bond donors (Lipinski definition) is 0. The molecular weight excluding hydrogens is 717 g/mol. The molecule has 1 heterocycles. The number of hydrogen-bond acceptors (Lipinski definition) is 2. The lowest BCUT2D eigenvalue weighted by Gasteiger charge is -2.33. The highest BCUT2D eigenvalue weighted by Crippen LogP contribution is 2.48. The minimum absolute atomic E-state index is 0.00134. The minimum atomic E-state index is -1.74. The van der Waals surface area contributed by atoms with Gasteiger partial charge in [0.15, 0.2) is 0 Å². The van der Waals surface area contributed by atoms with E-state index >= 15 is 0 Å². The molecule has 0 amide bonds. The third kappa shape index (κ3) is 6.50. The van der Waals surface area contributed by atoms with Crippen LogP contribution in [-0.2, 0) is 5.41 Å². The summed E-state index contributed by atoms with van der Waals surface area (Å²) < 4.78 is 0. The van der Waals surface area contributed by atoms with Crippen molar-refractivity contribution in [1.29, 1.82) is 0 Å². The molecule has 0 saturated heterocycles. The molecule has 58 heavy (non-hydrogen) atoms. The number of anilines is 6. The summed E-state index contributed by atoms with van der Waals surface area (Å²) in [6, 6.07) is 66.6. The standard InChI is InChI=1S/C55H54N2Si/c1-58(2)53-23-13-12-22-51(53)52-40-50(36-37-54(52)58)57(46-20-10-5-11-21-46)49-34-28-44(29-35-49)55(38-14-15-39-55)43-26-32-48(33-27-43)56(45-18-8-4-9-19-45)47-30-24-42(25-31-47)41-16-6-3-7-17-41/h4-5,8-13,18-37,40-41H,3,6-7,14-17,38-39H2,1-2H3. The normalized spacial score (nSPS) is 16.7. The third-order valence-corrected chi connectivity index (χ3v) is 17.5. The Labute approximate surface area is 346 Å². The maximum atomic E-state index is 2.49. The summed E-state index contributed by atoms with van der Waals surface area (Å²) in [5.41, 5.74) is 14.3. The van der Waals surface area contributed by atoms with Gasteiger partial charge in [0.25, 0.3) is 0 Å². The molecule has 0 aromatic heterocycles. The molecule has 7 aromatic carbocycles. The molecule has 3 heteroatoms. The quantitative estimate of drug-likeness (QED) is 0.135. The Kier molecular flexibility index (Phi) is 9.66. The number of benzene rings is 7. The molecule has 288 valence electrons. The zero-order chi connectivity index (χ0) is 39.1. The lowest BCUT2D eigenvalue weighted by atomic mass is 9.73. The van der Waals surface area contributed by atoms with E-state index in [2.05, 4.69) is 199 Å². The van der Waals surface area contributed by atoms with Gasteiger partial charge in [0.2, 0.25) is 0 Å². The monoisotopic (exact) mass is 770 g/mol. The Morgan fingerprint density at radius 2 is 0.862 bits per heavy atom. The second-order valence-corrected chi connectivity index (χ2v) is 21.9. The fraction of sp³-hybridized carbons (Fsp3) is 0.236. The first kappa shape index (κ1) is 36.7. The maximum absolute atomic E-state index is 2.49. The van der Waals surface area contributed by atoms with Gasteiger partial charge >= 0.3 is 0 Å². The van der Waals surface area contributed by atoms with Gasteiger partial charge in [-0.1, -0.05) is 148 Å². The van der Waals surface area contributed by atoms with E-state index in [1.807, 2.05) is 0 Å². The van der Waals surface area contributed by atoms with E-state index in [0.717, 1.165) is 0 Å². The van der Waals surface area contributed by atoms with Gasteiger partial charge in [0.05, 0.1) is 0 Å². The van der Waals surface area contributed by atoms with E-state index in [-0.39, 0.29) is 5.41 Å². The van der Waals surface area contributed by atoms with Crippen LogP contribution < -0.4 is 20.2 Å². The summed E-state index contributed by atoms with van der Waals surface area (Å²) in [4.78, 5) is 4.86. The van der Waals surface area contributed by atoms with Gasteiger partial charge in [-0.25, -0.2) is 0 Å². The van der Waals surface area contributed by atoms with Crippen LogP contribution in [0.5, 0.6) is 0 Å².